The van der Waals surface area contributed by atoms with Gasteiger partial charge in [0.25, 0.3) is 5.91 Å². The molecule has 1 amide bonds. The lowest BCUT2D eigenvalue weighted by Crippen LogP contribution is -2.51. The summed E-state index contributed by atoms with van der Waals surface area (Å²) in [7, 11) is 0. The Kier molecular flexibility index (Phi) is 5.16. The second-order valence-corrected chi connectivity index (χ2v) is 6.32. The van der Waals surface area contributed by atoms with E-state index in [2.05, 4.69) is 31.3 Å². The molecular formula is C20H24N2O2. The fourth-order valence-corrected chi connectivity index (χ4v) is 2.98. The van der Waals surface area contributed by atoms with E-state index >= 15 is 0 Å². The molecule has 0 aromatic heterocycles. The predicted octanol–water partition coefficient (Wildman–Crippen LogP) is 3.01. The van der Waals surface area contributed by atoms with Crippen LogP contribution in [0.2, 0.25) is 0 Å². The molecule has 2 aromatic carbocycles. The third kappa shape index (κ3) is 3.77. The number of aryl methyl sites for hydroxylation is 1. The van der Waals surface area contributed by atoms with Gasteiger partial charge in [0.05, 0.1) is 5.56 Å². The van der Waals surface area contributed by atoms with Gasteiger partial charge in [0.2, 0.25) is 0 Å². The maximum atomic E-state index is 12.9. The van der Waals surface area contributed by atoms with Gasteiger partial charge in [-0.2, -0.15) is 0 Å². The zero-order chi connectivity index (χ0) is 16.9. The smallest absolute Gasteiger partial charge is 0.257 e. The average Bonchev–Trinajstić information content (AvgIpc) is 2.61. The van der Waals surface area contributed by atoms with Crippen molar-refractivity contribution in [2.75, 3.05) is 19.6 Å². The van der Waals surface area contributed by atoms with Crippen LogP contribution in [0, 0.1) is 6.92 Å². The number of para-hydroxylation sites is 1. The lowest BCUT2D eigenvalue weighted by molar-refractivity contribution is 0.0704. The molecule has 1 aliphatic rings. The summed E-state index contributed by atoms with van der Waals surface area (Å²) < 4.78 is 5.98. The van der Waals surface area contributed by atoms with Gasteiger partial charge in [0.1, 0.15) is 12.4 Å². The van der Waals surface area contributed by atoms with Crippen molar-refractivity contribution < 1.29 is 9.53 Å². The molecule has 1 aliphatic heterocycles. The van der Waals surface area contributed by atoms with E-state index in [1.54, 1.807) is 0 Å². The van der Waals surface area contributed by atoms with Gasteiger partial charge < -0.3 is 15.0 Å². The largest absolute Gasteiger partial charge is 0.488 e. The van der Waals surface area contributed by atoms with Gasteiger partial charge in [-0.05, 0) is 37.1 Å². The summed E-state index contributed by atoms with van der Waals surface area (Å²) in [4.78, 5) is 14.8. The quantitative estimate of drug-likeness (QED) is 0.940. The number of nitrogens with zero attached hydrogens (tertiary/aromatic N) is 1. The first-order chi connectivity index (χ1) is 11.6. The predicted molar refractivity (Wildman–Crippen MR) is 95.3 cm³/mol. The summed E-state index contributed by atoms with van der Waals surface area (Å²) in [6.45, 7) is 6.92. The van der Waals surface area contributed by atoms with Crippen LogP contribution in [0.3, 0.4) is 0 Å². The molecule has 1 atom stereocenters. The van der Waals surface area contributed by atoms with Gasteiger partial charge in [0, 0.05) is 25.7 Å². The molecule has 0 saturated carbocycles. The van der Waals surface area contributed by atoms with Gasteiger partial charge in [-0.15, -0.1) is 0 Å². The Morgan fingerprint density at radius 3 is 2.75 bits per heavy atom. The second kappa shape index (κ2) is 7.49. The molecule has 1 N–H and O–H groups in total. The molecule has 1 heterocycles. The van der Waals surface area contributed by atoms with Gasteiger partial charge in [0.15, 0.2) is 0 Å². The normalized spacial score (nSPS) is 17.6. The molecule has 4 nitrogen and oxygen atoms in total. The van der Waals surface area contributed by atoms with Crippen LogP contribution in [0.1, 0.15) is 28.4 Å². The minimum Gasteiger partial charge on any atom is -0.488 e. The number of carbonyl (C=O) groups excluding carboxylic acids is 1. The highest BCUT2D eigenvalue weighted by atomic mass is 16.5. The molecule has 0 bridgehead atoms. The molecule has 3 rings (SSSR count). The van der Waals surface area contributed by atoms with E-state index in [1.807, 2.05) is 41.3 Å². The Hall–Kier alpha value is -2.33. The van der Waals surface area contributed by atoms with Gasteiger partial charge in [-0.3, -0.25) is 4.79 Å². The molecule has 1 fully saturated rings. The summed E-state index contributed by atoms with van der Waals surface area (Å²) in [5.41, 5.74) is 2.97. The van der Waals surface area contributed by atoms with Crippen molar-refractivity contribution in [1.82, 2.24) is 10.2 Å². The molecule has 0 spiro atoms. The molecule has 2 aromatic rings. The van der Waals surface area contributed by atoms with E-state index in [9.17, 15) is 4.79 Å². The number of hydrogen-bond acceptors (Lipinski definition) is 3. The SMILES string of the molecule is Cc1ccccc1COc1ccccc1C(=O)N1CCNC(C)C1. The fraction of sp³-hybridized carbons (Fsp3) is 0.350. The van der Waals surface area contributed by atoms with E-state index < -0.39 is 0 Å². The number of carbonyl (C=O) groups is 1. The van der Waals surface area contributed by atoms with Gasteiger partial charge >= 0.3 is 0 Å². The van der Waals surface area contributed by atoms with Crippen LogP contribution in [-0.4, -0.2) is 36.5 Å². The maximum Gasteiger partial charge on any atom is 0.257 e. The summed E-state index contributed by atoms with van der Waals surface area (Å²) in [6.07, 6.45) is 0. The minimum atomic E-state index is 0.0451. The Labute approximate surface area is 143 Å². The third-order valence-corrected chi connectivity index (χ3v) is 4.42. The van der Waals surface area contributed by atoms with E-state index in [0.29, 0.717) is 24.0 Å². The topological polar surface area (TPSA) is 41.6 Å². The van der Waals surface area contributed by atoms with Crippen LogP contribution in [0.15, 0.2) is 48.5 Å². The first-order valence-electron chi connectivity index (χ1n) is 8.44. The Morgan fingerprint density at radius 2 is 1.96 bits per heavy atom. The van der Waals surface area contributed by atoms with Crippen molar-refractivity contribution in [3.05, 3.63) is 65.2 Å². The van der Waals surface area contributed by atoms with E-state index in [-0.39, 0.29) is 5.91 Å². The van der Waals surface area contributed by atoms with Crippen LogP contribution in [-0.2, 0) is 6.61 Å². The number of benzene rings is 2. The Balaban J connectivity index is 1.75. The number of nitrogens with one attached hydrogen (secondary N) is 1. The number of ether oxygens (including phenoxy) is 1. The van der Waals surface area contributed by atoms with Crippen molar-refractivity contribution in [2.45, 2.75) is 26.5 Å². The maximum absolute atomic E-state index is 12.9. The molecule has 0 radical (unpaired) electrons. The fourth-order valence-electron chi connectivity index (χ4n) is 2.98. The number of piperazine rings is 1. The van der Waals surface area contributed by atoms with E-state index in [1.165, 1.54) is 5.56 Å². The van der Waals surface area contributed by atoms with Crippen molar-refractivity contribution >= 4 is 5.91 Å². The third-order valence-electron chi connectivity index (χ3n) is 4.42. The van der Waals surface area contributed by atoms with Crippen molar-refractivity contribution in [2.24, 2.45) is 0 Å². The van der Waals surface area contributed by atoms with Crippen molar-refractivity contribution in [3.63, 3.8) is 0 Å². The number of amides is 1. The monoisotopic (exact) mass is 324 g/mol. The van der Waals surface area contributed by atoms with Crippen LogP contribution in [0.5, 0.6) is 5.75 Å². The van der Waals surface area contributed by atoms with Gasteiger partial charge in [-0.1, -0.05) is 36.4 Å². The summed E-state index contributed by atoms with van der Waals surface area (Å²) >= 11 is 0. The van der Waals surface area contributed by atoms with Crippen LogP contribution < -0.4 is 10.1 Å². The van der Waals surface area contributed by atoms with Crippen LogP contribution >= 0.6 is 0 Å². The highest BCUT2D eigenvalue weighted by Crippen LogP contribution is 2.22. The first-order valence-corrected chi connectivity index (χ1v) is 8.44. The highest BCUT2D eigenvalue weighted by molar-refractivity contribution is 5.97. The second-order valence-electron chi connectivity index (χ2n) is 6.32. The molecule has 0 aliphatic carbocycles. The first kappa shape index (κ1) is 16.5. The summed E-state index contributed by atoms with van der Waals surface area (Å²) in [5, 5.41) is 3.36. The Morgan fingerprint density at radius 1 is 1.21 bits per heavy atom. The van der Waals surface area contributed by atoms with Crippen LogP contribution in [0.4, 0.5) is 0 Å². The number of hydrogen-bond donors (Lipinski definition) is 1. The standard InChI is InChI=1S/C20H24N2O2/c1-15-7-3-4-8-17(15)14-24-19-10-6-5-9-18(19)20(23)22-12-11-21-16(2)13-22/h3-10,16,21H,11-14H2,1-2H3. The van der Waals surface area contributed by atoms with E-state index in [0.717, 1.165) is 25.2 Å². The van der Waals surface area contributed by atoms with Crippen molar-refractivity contribution in [1.29, 1.82) is 0 Å². The molecule has 24 heavy (non-hydrogen) atoms. The zero-order valence-electron chi connectivity index (χ0n) is 14.3. The molecule has 1 unspecified atom stereocenters. The average molecular weight is 324 g/mol. The lowest BCUT2D eigenvalue weighted by atomic mass is 10.1. The summed E-state index contributed by atoms with van der Waals surface area (Å²) in [5.74, 6) is 0.695. The molecule has 4 heteroatoms. The summed E-state index contributed by atoms with van der Waals surface area (Å²) in [6, 6.07) is 16.0. The van der Waals surface area contributed by atoms with Gasteiger partial charge in [-0.25, -0.2) is 0 Å². The molecular weight excluding hydrogens is 300 g/mol. The lowest BCUT2D eigenvalue weighted by Gasteiger charge is -2.32. The molecule has 1 saturated heterocycles. The Bertz CT molecular complexity index is 714. The number of rotatable bonds is 4. The van der Waals surface area contributed by atoms with Crippen molar-refractivity contribution in [3.8, 4) is 5.75 Å². The zero-order valence-corrected chi connectivity index (χ0v) is 14.3. The highest BCUT2D eigenvalue weighted by Gasteiger charge is 2.23. The minimum absolute atomic E-state index is 0.0451. The van der Waals surface area contributed by atoms with E-state index in [4.69, 9.17) is 4.74 Å². The van der Waals surface area contributed by atoms with Crippen LogP contribution in [0.25, 0.3) is 0 Å². The molecule has 126 valence electrons.